The molecule has 35 N–H and O–H groups in total. The van der Waals surface area contributed by atoms with Crippen molar-refractivity contribution in [2.24, 2.45) is 52.2 Å². The van der Waals surface area contributed by atoms with Crippen LogP contribution in [0.15, 0.2) is 91.0 Å². The lowest BCUT2D eigenvalue weighted by Crippen LogP contribution is -2.62. The van der Waals surface area contributed by atoms with E-state index in [9.17, 15) is 82.8 Å². The minimum atomic E-state index is -2.07. The summed E-state index contributed by atoms with van der Waals surface area (Å²) >= 11 is 1.33. The van der Waals surface area contributed by atoms with Gasteiger partial charge in [-0.1, -0.05) is 139 Å². The van der Waals surface area contributed by atoms with Gasteiger partial charge in [-0.3, -0.25) is 97.7 Å². The van der Waals surface area contributed by atoms with Crippen LogP contribution in [-0.2, 0) is 106 Å². The van der Waals surface area contributed by atoms with Gasteiger partial charge in [0.15, 0.2) is 17.9 Å². The molecule has 0 aromatic heterocycles. The Morgan fingerprint density at radius 3 is 1.14 bits per heavy atom. The van der Waals surface area contributed by atoms with Gasteiger partial charge >= 0.3 is 17.9 Å². The number of rotatable bonds is 69. The minimum Gasteiger partial charge on any atom is -0.481 e. The number of nitrogens with one attached hydrogen (secondary N) is 19. The van der Waals surface area contributed by atoms with Crippen LogP contribution in [0.5, 0.6) is 0 Å². The second kappa shape index (κ2) is 65.2. The van der Waals surface area contributed by atoms with Gasteiger partial charge in [-0.05, 0) is 143 Å². The number of aliphatic hydroxyl groups is 1. The number of carboxylic acid groups (broad SMARTS) is 3. The van der Waals surface area contributed by atoms with Crippen molar-refractivity contribution >= 4 is 136 Å². The summed E-state index contributed by atoms with van der Waals surface area (Å²) in [6, 6.07) is 0.805. The molecular formula is C92H146N26O22S. The Kier molecular flexibility index (Phi) is 56.1. The molecule has 0 aliphatic carbocycles. The van der Waals surface area contributed by atoms with E-state index in [0.29, 0.717) is 28.9 Å². The molecule has 0 radical (unpaired) electrons. The van der Waals surface area contributed by atoms with Crippen LogP contribution in [0.2, 0.25) is 0 Å². The first-order valence-corrected chi connectivity index (χ1v) is 48.2. The monoisotopic (exact) mass is 2000 g/mol. The molecule has 0 saturated heterocycles. The van der Waals surface area contributed by atoms with Crippen LogP contribution in [-0.4, -0.2) is 292 Å². The molecule has 0 aliphatic heterocycles. The van der Waals surface area contributed by atoms with Gasteiger partial charge in [0, 0.05) is 58.8 Å². The molecule has 16 atom stereocenters. The third kappa shape index (κ3) is 47.6. The van der Waals surface area contributed by atoms with E-state index in [4.69, 9.17) is 50.6 Å². The number of primary amides is 1. The van der Waals surface area contributed by atoms with Crippen LogP contribution in [0.1, 0.15) is 174 Å². The number of thioether (sulfide) groups is 1. The van der Waals surface area contributed by atoms with Crippen LogP contribution in [0.4, 0.5) is 0 Å². The normalized spacial score (nSPS) is 14.5. The van der Waals surface area contributed by atoms with Crippen molar-refractivity contribution in [2.45, 2.75) is 267 Å². The van der Waals surface area contributed by atoms with Crippen LogP contribution in [0.25, 0.3) is 0 Å². The molecule has 48 nitrogen and oxygen atoms in total. The number of carbonyl (C=O) groups is 18. The maximum Gasteiger partial charge on any atom is 0.326 e. The number of amides is 15. The largest absolute Gasteiger partial charge is 0.481 e. The first-order chi connectivity index (χ1) is 66.7. The summed E-state index contributed by atoms with van der Waals surface area (Å²) in [5.41, 5.74) is 35.1. The number of nitrogens with two attached hydrogens (primary N) is 6. The molecule has 3 aromatic carbocycles. The highest BCUT2D eigenvalue weighted by Crippen LogP contribution is 2.20. The fourth-order valence-corrected chi connectivity index (χ4v) is 15.0. The van der Waals surface area contributed by atoms with Crippen molar-refractivity contribution in [3.63, 3.8) is 0 Å². The lowest BCUT2D eigenvalue weighted by molar-refractivity contribution is -0.143. The maximum absolute atomic E-state index is 15.5. The van der Waals surface area contributed by atoms with Gasteiger partial charge in [-0.15, -0.1) is 0 Å². The molecule has 782 valence electrons. The van der Waals surface area contributed by atoms with E-state index in [1.807, 2.05) is 0 Å². The van der Waals surface area contributed by atoms with Gasteiger partial charge in [0.1, 0.15) is 84.6 Å². The average molecular weight is 2000 g/mol. The zero-order valence-corrected chi connectivity index (χ0v) is 81.9. The number of aliphatic hydroxyl groups excluding tert-OH is 1. The average Bonchev–Trinajstić information content (AvgIpc) is 0.842. The number of hydrogen-bond donors (Lipinski definition) is 29. The summed E-state index contributed by atoms with van der Waals surface area (Å²) in [4.78, 5) is 255. The van der Waals surface area contributed by atoms with Gasteiger partial charge in [-0.2, -0.15) is 11.8 Å². The van der Waals surface area contributed by atoms with Crippen LogP contribution in [0, 0.1) is 34.0 Å². The van der Waals surface area contributed by atoms with Gasteiger partial charge in [-0.25, -0.2) is 4.79 Å². The number of nitrogens with zero attached hydrogens (tertiary/aromatic N) is 1. The van der Waals surface area contributed by atoms with E-state index in [1.54, 1.807) is 139 Å². The van der Waals surface area contributed by atoms with Crippen molar-refractivity contribution in [3.8, 4) is 0 Å². The van der Waals surface area contributed by atoms with Crippen LogP contribution < -0.4 is 119 Å². The molecule has 0 saturated carbocycles. The molecule has 0 spiro atoms. The summed E-state index contributed by atoms with van der Waals surface area (Å²) < 4.78 is 0. The van der Waals surface area contributed by atoms with E-state index in [-0.39, 0.29) is 147 Å². The third-order valence-electron chi connectivity index (χ3n) is 22.5. The van der Waals surface area contributed by atoms with E-state index < -0.39 is 247 Å². The van der Waals surface area contributed by atoms with E-state index in [1.165, 1.54) is 18.8 Å². The molecule has 0 heterocycles. The highest BCUT2D eigenvalue weighted by atomic mass is 32.2. The standard InChI is InChI=1S/C92H146N26O22S/c1-9-53(6)74(87(137)115-65(45-52(4)5)80(130)108-60(35-36-71(95)120)78(128)110-63(89(139)140)33-23-42-104-92(100)101)117-84(134)67(47-55-26-15-11-16-27-55)112-83(133)68(49-73(123)124)113-77(127)59(32-22-41-103-91(98)99)107-82(132)66(46-54-24-13-10-14-25-54)114-86(136)70(48-56-28-17-12-18-29-56)118(7)88(138)62(30-19-20-39-93)109-85(135)69(50-119)116-81(131)64(44-51(2)3)111-76(126)58(31-21-40-102-90(96)97)106-79(129)61(38-43-141-8)105-75(125)57(94)34-37-72(121)122/h10-18,24-29,51-53,57-70,74,119H,9,19-23,30-50,93-94H2,1-8H3,(H2,95,120)(H,105,125)(H,106,129)(H,107,132)(H,108,130)(H,109,135)(H,110,128)(H,111,126)(H,112,133)(H,113,127)(H,114,136)(H,115,137)(H,116,131)(H,117,134)(H,121,122)(H,123,124)(H,139,140)(H4,96,97,102)(H4,98,99,103)(H4,100,101,104)/t53-,57-,58-,59-,60-,61-,62-,63-,64-,65-,66-,67-,68-,69-,70-,74-/m0/s1. The zero-order valence-electron chi connectivity index (χ0n) is 81.1. The fourth-order valence-electron chi connectivity index (χ4n) is 14.6. The Hall–Kier alpha value is -13.8. The molecule has 3 rings (SSSR count). The molecule has 0 unspecified atom stereocenters. The number of benzene rings is 3. The van der Waals surface area contributed by atoms with Crippen molar-refractivity contribution in [3.05, 3.63) is 108 Å². The van der Waals surface area contributed by atoms with Crippen molar-refractivity contribution in [1.29, 1.82) is 16.2 Å². The first kappa shape index (κ1) is 121. The zero-order chi connectivity index (χ0) is 106. The Bertz CT molecular complexity index is 4630. The van der Waals surface area contributed by atoms with Crippen LogP contribution in [0.3, 0.4) is 0 Å². The SMILES string of the molecule is CC[C@H](C)[C@H](NC(=O)[C@H](Cc1ccccc1)NC(=O)[C@H](CC(=O)O)NC(=O)[C@H](CCCNC(=N)N)NC(=O)[C@H](Cc1ccccc1)NC(=O)[C@H](Cc1ccccc1)N(C)C(=O)[C@H](CCCCN)NC(=O)[C@H](CO)NC(=O)[C@H](CC(C)C)NC(=O)[C@H](CCCNC(=N)N)NC(=O)[C@H](CCSC)NC(=O)[C@@H](N)CCC(=O)O)C(=O)N[C@@H](CC(C)C)C(=O)N[C@@H](CCC(N)=O)C(=O)N[C@@H](CCCNC(=N)N)C(=O)O. The van der Waals surface area contributed by atoms with E-state index in [0.717, 1.165) is 4.90 Å². The molecule has 0 aliphatic rings. The van der Waals surface area contributed by atoms with Crippen molar-refractivity contribution in [2.75, 3.05) is 51.8 Å². The topological polar surface area (TPSA) is 812 Å². The van der Waals surface area contributed by atoms with Gasteiger partial charge in [0.2, 0.25) is 88.6 Å². The third-order valence-corrected chi connectivity index (χ3v) is 23.1. The van der Waals surface area contributed by atoms with Crippen molar-refractivity contribution in [1.82, 2.24) is 90.0 Å². The number of carboxylic acids is 3. The Morgan fingerprint density at radius 1 is 0.383 bits per heavy atom. The number of hydrogen-bond acceptors (Lipinski definition) is 25. The van der Waals surface area contributed by atoms with Gasteiger partial charge in [0.25, 0.3) is 0 Å². The lowest BCUT2D eigenvalue weighted by Gasteiger charge is -2.33. The summed E-state index contributed by atoms with van der Waals surface area (Å²) in [7, 11) is 1.25. The fraction of sp³-hybridized carbons (Fsp3) is 0.576. The van der Waals surface area contributed by atoms with Crippen LogP contribution >= 0.6 is 11.8 Å². The number of aliphatic carboxylic acids is 3. The molecule has 49 heteroatoms. The van der Waals surface area contributed by atoms with E-state index in [2.05, 4.69) is 85.1 Å². The second-order valence-corrected chi connectivity index (χ2v) is 36.1. The molecule has 0 fully saturated rings. The predicted octanol–water partition coefficient (Wildman–Crippen LogP) is -4.34. The number of likely N-dealkylation sites (N-methyl/N-ethyl adjacent to an activating group) is 1. The van der Waals surface area contributed by atoms with Gasteiger partial charge < -0.3 is 145 Å². The smallest absolute Gasteiger partial charge is 0.326 e. The summed E-state index contributed by atoms with van der Waals surface area (Å²) in [5, 5.41) is 105. The molecule has 15 amide bonds. The number of unbranched alkanes of at least 4 members (excludes halogenated alkanes) is 1. The predicted molar refractivity (Wildman–Crippen MR) is 524 cm³/mol. The molecule has 141 heavy (non-hydrogen) atoms. The van der Waals surface area contributed by atoms with E-state index >= 15 is 24.0 Å². The quantitative estimate of drug-likeness (QED) is 0.0144. The van der Waals surface area contributed by atoms with Crippen molar-refractivity contribution < 1.29 is 107 Å². The maximum atomic E-state index is 15.5. The molecular weight excluding hydrogens is 1850 g/mol. The lowest BCUT2D eigenvalue weighted by atomic mass is 9.95. The summed E-state index contributed by atoms with van der Waals surface area (Å²) in [6.07, 6.45) is -2.02. The summed E-state index contributed by atoms with van der Waals surface area (Å²) in [6.45, 7) is 9.18. The highest BCUT2D eigenvalue weighted by Gasteiger charge is 2.42. The number of guanidine groups is 3. The Balaban J connectivity index is 2.12. The first-order valence-electron chi connectivity index (χ1n) is 46.8. The Morgan fingerprint density at radius 2 is 0.730 bits per heavy atom. The highest BCUT2D eigenvalue weighted by molar-refractivity contribution is 7.98. The molecule has 0 bridgehead atoms. The van der Waals surface area contributed by atoms with Gasteiger partial charge in [0.05, 0.1) is 19.1 Å². The second-order valence-electron chi connectivity index (χ2n) is 35.1. The Labute approximate surface area is 823 Å². The molecule has 3 aromatic rings. The minimum absolute atomic E-state index is 0.0360. The summed E-state index contributed by atoms with van der Waals surface area (Å²) in [5.74, 6) is -21.6. The number of carbonyl (C=O) groups excluding carboxylic acids is 15.